The Morgan fingerprint density at radius 2 is 2.00 bits per heavy atom. The van der Waals surface area contributed by atoms with Crippen molar-refractivity contribution in [1.29, 1.82) is 0 Å². The summed E-state index contributed by atoms with van der Waals surface area (Å²) in [6.45, 7) is 4.62. The van der Waals surface area contributed by atoms with Crippen LogP contribution in [0.2, 0.25) is 0 Å². The van der Waals surface area contributed by atoms with E-state index in [0.717, 1.165) is 12.8 Å². The number of nitrogens with two attached hydrogens (primary N) is 1. The van der Waals surface area contributed by atoms with Gasteiger partial charge in [-0.25, -0.2) is 4.68 Å². The Morgan fingerprint density at radius 1 is 1.36 bits per heavy atom. The normalized spacial score (nSPS) is 22.4. The molecule has 0 spiro atoms. The lowest BCUT2D eigenvalue weighted by Gasteiger charge is -2.33. The molecule has 1 aliphatic carbocycles. The molecule has 0 radical (unpaired) electrons. The molecule has 0 aliphatic heterocycles. The van der Waals surface area contributed by atoms with E-state index < -0.39 is 0 Å². The summed E-state index contributed by atoms with van der Waals surface area (Å²) in [6.07, 6.45) is 4.69. The van der Waals surface area contributed by atoms with Gasteiger partial charge in [0.25, 0.3) is 0 Å². The first-order chi connectivity index (χ1) is 6.58. The van der Waals surface area contributed by atoms with Gasteiger partial charge < -0.3 is 5.73 Å². The molecule has 78 valence electrons. The molecule has 14 heavy (non-hydrogen) atoms. The molecular formula is C9H17N5. The molecule has 1 heterocycles. The standard InChI is InChI=1S/C9H17N5/c1-9(2)5-3-7(4-6-9)14-8(10)11-12-13-14/h7H,3-6H2,1-2H3,(H2,10,11,13). The van der Waals surface area contributed by atoms with E-state index in [2.05, 4.69) is 29.4 Å². The average molecular weight is 195 g/mol. The van der Waals surface area contributed by atoms with Crippen molar-refractivity contribution in [1.82, 2.24) is 20.2 Å². The first-order valence-corrected chi connectivity index (χ1v) is 5.12. The molecule has 5 nitrogen and oxygen atoms in total. The highest BCUT2D eigenvalue weighted by molar-refractivity contribution is 5.11. The second-order valence-electron chi connectivity index (χ2n) is 4.88. The van der Waals surface area contributed by atoms with E-state index in [9.17, 15) is 0 Å². The maximum atomic E-state index is 5.67. The van der Waals surface area contributed by atoms with Crippen molar-refractivity contribution >= 4 is 5.95 Å². The van der Waals surface area contributed by atoms with Crippen LogP contribution in [0.4, 0.5) is 5.95 Å². The first kappa shape index (κ1) is 9.43. The fraction of sp³-hybridized carbons (Fsp3) is 0.889. The Kier molecular flexibility index (Phi) is 2.17. The van der Waals surface area contributed by atoms with Gasteiger partial charge in [0.15, 0.2) is 0 Å². The van der Waals surface area contributed by atoms with E-state index >= 15 is 0 Å². The largest absolute Gasteiger partial charge is 0.367 e. The molecule has 1 aromatic rings. The van der Waals surface area contributed by atoms with Gasteiger partial charge in [0.05, 0.1) is 6.04 Å². The molecule has 0 amide bonds. The van der Waals surface area contributed by atoms with Crippen molar-refractivity contribution < 1.29 is 0 Å². The van der Waals surface area contributed by atoms with Crippen molar-refractivity contribution in [3.05, 3.63) is 0 Å². The van der Waals surface area contributed by atoms with Gasteiger partial charge in [-0.15, -0.1) is 0 Å². The molecule has 0 aromatic carbocycles. The second kappa shape index (κ2) is 3.22. The van der Waals surface area contributed by atoms with Crippen molar-refractivity contribution in [2.45, 2.75) is 45.6 Å². The molecule has 0 saturated heterocycles. The number of nitrogen functional groups attached to an aromatic ring is 1. The van der Waals surface area contributed by atoms with E-state index in [1.54, 1.807) is 4.68 Å². The van der Waals surface area contributed by atoms with Crippen LogP contribution in [-0.4, -0.2) is 20.2 Å². The molecule has 1 fully saturated rings. The number of hydrogen-bond acceptors (Lipinski definition) is 4. The summed E-state index contributed by atoms with van der Waals surface area (Å²) in [5.74, 6) is 0.440. The van der Waals surface area contributed by atoms with Gasteiger partial charge in [-0.05, 0) is 41.5 Å². The Bertz CT molecular complexity index is 307. The summed E-state index contributed by atoms with van der Waals surface area (Å²) in [5, 5.41) is 11.2. The molecular weight excluding hydrogens is 178 g/mol. The van der Waals surface area contributed by atoms with Gasteiger partial charge in [0, 0.05) is 0 Å². The lowest BCUT2D eigenvalue weighted by atomic mass is 9.76. The summed E-state index contributed by atoms with van der Waals surface area (Å²) in [5.41, 5.74) is 6.14. The summed E-state index contributed by atoms with van der Waals surface area (Å²) in [6, 6.07) is 0.401. The van der Waals surface area contributed by atoms with E-state index in [4.69, 9.17) is 5.73 Å². The maximum Gasteiger partial charge on any atom is 0.240 e. The molecule has 5 heteroatoms. The fourth-order valence-corrected chi connectivity index (χ4v) is 2.09. The zero-order valence-electron chi connectivity index (χ0n) is 8.77. The minimum atomic E-state index is 0.401. The van der Waals surface area contributed by atoms with Crippen molar-refractivity contribution in [2.75, 3.05) is 5.73 Å². The third-order valence-electron chi connectivity index (χ3n) is 3.17. The predicted molar refractivity (Wildman–Crippen MR) is 53.5 cm³/mol. The van der Waals surface area contributed by atoms with Crippen LogP contribution < -0.4 is 5.73 Å². The van der Waals surface area contributed by atoms with E-state index in [-0.39, 0.29) is 0 Å². The smallest absolute Gasteiger partial charge is 0.240 e. The highest BCUT2D eigenvalue weighted by Crippen LogP contribution is 2.40. The van der Waals surface area contributed by atoms with Crippen LogP contribution in [0.1, 0.15) is 45.6 Å². The van der Waals surface area contributed by atoms with E-state index in [1.165, 1.54) is 12.8 Å². The number of anilines is 1. The Hall–Kier alpha value is -1.13. The van der Waals surface area contributed by atoms with Gasteiger partial charge in [0.1, 0.15) is 0 Å². The third kappa shape index (κ3) is 1.71. The third-order valence-corrected chi connectivity index (χ3v) is 3.17. The molecule has 0 bridgehead atoms. The number of hydrogen-bond donors (Lipinski definition) is 1. The van der Waals surface area contributed by atoms with Crippen LogP contribution in [0.3, 0.4) is 0 Å². The van der Waals surface area contributed by atoms with Gasteiger partial charge in [0.2, 0.25) is 5.95 Å². The Balaban J connectivity index is 2.06. The van der Waals surface area contributed by atoms with Crippen LogP contribution in [-0.2, 0) is 0 Å². The first-order valence-electron chi connectivity index (χ1n) is 5.12. The van der Waals surface area contributed by atoms with Crippen LogP contribution >= 0.6 is 0 Å². The van der Waals surface area contributed by atoms with Crippen LogP contribution in [0, 0.1) is 5.41 Å². The molecule has 1 aromatic heterocycles. The Morgan fingerprint density at radius 3 is 2.50 bits per heavy atom. The van der Waals surface area contributed by atoms with Crippen molar-refractivity contribution in [3.63, 3.8) is 0 Å². The summed E-state index contributed by atoms with van der Waals surface area (Å²) in [7, 11) is 0. The number of rotatable bonds is 1. The molecule has 1 saturated carbocycles. The maximum absolute atomic E-state index is 5.67. The predicted octanol–water partition coefficient (Wildman–Crippen LogP) is 1.40. The van der Waals surface area contributed by atoms with Gasteiger partial charge in [-0.2, -0.15) is 0 Å². The number of nitrogens with zero attached hydrogens (tertiary/aromatic N) is 4. The van der Waals surface area contributed by atoms with Gasteiger partial charge in [-0.3, -0.25) is 0 Å². The fourth-order valence-electron chi connectivity index (χ4n) is 2.09. The van der Waals surface area contributed by atoms with Gasteiger partial charge in [-0.1, -0.05) is 18.9 Å². The van der Waals surface area contributed by atoms with E-state index in [1.807, 2.05) is 0 Å². The molecule has 2 rings (SSSR count). The monoisotopic (exact) mass is 195 g/mol. The van der Waals surface area contributed by atoms with Crippen LogP contribution in [0.25, 0.3) is 0 Å². The Labute approximate surface area is 83.7 Å². The highest BCUT2D eigenvalue weighted by atomic mass is 15.6. The topological polar surface area (TPSA) is 69.6 Å². The summed E-state index contributed by atoms with van der Waals surface area (Å²) >= 11 is 0. The van der Waals surface area contributed by atoms with Crippen molar-refractivity contribution in [3.8, 4) is 0 Å². The second-order valence-corrected chi connectivity index (χ2v) is 4.88. The number of aromatic nitrogens is 4. The zero-order valence-corrected chi connectivity index (χ0v) is 8.77. The molecule has 1 aliphatic rings. The minimum absolute atomic E-state index is 0.401. The molecule has 2 N–H and O–H groups in total. The quantitative estimate of drug-likeness (QED) is 0.735. The minimum Gasteiger partial charge on any atom is -0.367 e. The summed E-state index contributed by atoms with van der Waals surface area (Å²) in [4.78, 5) is 0. The lowest BCUT2D eigenvalue weighted by molar-refractivity contribution is 0.186. The number of tetrazole rings is 1. The lowest BCUT2D eigenvalue weighted by Crippen LogP contribution is -2.24. The molecule has 0 atom stereocenters. The zero-order chi connectivity index (χ0) is 10.2. The van der Waals surface area contributed by atoms with Gasteiger partial charge >= 0.3 is 0 Å². The SMILES string of the molecule is CC1(C)CCC(n2nnnc2N)CC1. The van der Waals surface area contributed by atoms with Crippen molar-refractivity contribution in [2.24, 2.45) is 5.41 Å². The average Bonchev–Trinajstić information content (AvgIpc) is 2.52. The van der Waals surface area contributed by atoms with E-state index in [0.29, 0.717) is 17.4 Å². The van der Waals surface area contributed by atoms with Crippen LogP contribution in [0.15, 0.2) is 0 Å². The molecule has 0 unspecified atom stereocenters. The highest BCUT2D eigenvalue weighted by Gasteiger charge is 2.29. The summed E-state index contributed by atoms with van der Waals surface area (Å²) < 4.78 is 1.76. The van der Waals surface area contributed by atoms with Crippen LogP contribution in [0.5, 0.6) is 0 Å².